The van der Waals surface area contributed by atoms with Gasteiger partial charge >= 0.3 is 12.7 Å². The first-order chi connectivity index (χ1) is 12.4. The Morgan fingerprint density at radius 2 is 1.11 bits per heavy atom. The molecule has 0 spiro atoms. The third-order valence-corrected chi connectivity index (χ3v) is 3.42. The Hall–Kier alpha value is -2.46. The lowest BCUT2D eigenvalue weighted by atomic mass is 9.98. The first-order valence-electron chi connectivity index (χ1n) is 7.49. The van der Waals surface area contributed by atoms with Gasteiger partial charge in [0.05, 0.1) is 6.10 Å². The molecule has 4 nitrogen and oxygen atoms in total. The van der Waals surface area contributed by atoms with Crippen molar-refractivity contribution in [3.05, 3.63) is 59.7 Å². The Balaban J connectivity index is 1.97. The Kier molecular flexibility index (Phi) is 6.22. The van der Waals surface area contributed by atoms with Crippen LogP contribution in [0.1, 0.15) is 17.2 Å². The average Bonchev–Trinajstić information content (AvgIpc) is 2.54. The van der Waals surface area contributed by atoms with E-state index in [9.17, 15) is 36.6 Å². The second kappa shape index (κ2) is 8.05. The lowest BCUT2D eigenvalue weighted by molar-refractivity contribution is -0.275. The Morgan fingerprint density at radius 3 is 1.52 bits per heavy atom. The molecule has 0 radical (unpaired) electrons. The van der Waals surface area contributed by atoms with Gasteiger partial charge in [-0.3, -0.25) is 0 Å². The summed E-state index contributed by atoms with van der Waals surface area (Å²) in [5, 5.41) is 20.2. The second-order valence-electron chi connectivity index (χ2n) is 5.52. The van der Waals surface area contributed by atoms with Gasteiger partial charge in [-0.25, -0.2) is 0 Å². The zero-order valence-electron chi connectivity index (χ0n) is 13.5. The van der Waals surface area contributed by atoms with E-state index in [1.54, 1.807) is 0 Å². The smallest absolute Gasteiger partial charge is 0.406 e. The summed E-state index contributed by atoms with van der Waals surface area (Å²) in [7, 11) is 0. The molecule has 0 saturated carbocycles. The van der Waals surface area contributed by atoms with Crippen LogP contribution < -0.4 is 9.47 Å². The average molecular weight is 396 g/mol. The fourth-order valence-electron chi connectivity index (χ4n) is 2.27. The molecule has 0 aromatic heterocycles. The standard InChI is InChI=1S/C17H14F6O4/c18-16(19,20)26-12-5-1-10(2-6-12)9-14(24)15(25)11-3-7-13(8-4-11)27-17(21,22)23/h1-8,14-15,24-25H,9H2. The minimum atomic E-state index is -4.85. The lowest BCUT2D eigenvalue weighted by Gasteiger charge is -2.19. The summed E-state index contributed by atoms with van der Waals surface area (Å²) >= 11 is 0. The van der Waals surface area contributed by atoms with Crippen LogP contribution in [-0.4, -0.2) is 29.0 Å². The molecule has 0 bridgehead atoms. The van der Waals surface area contributed by atoms with E-state index in [2.05, 4.69) is 9.47 Å². The third kappa shape index (κ3) is 6.99. The molecule has 0 aliphatic rings. The molecule has 2 atom stereocenters. The summed E-state index contributed by atoms with van der Waals surface area (Å²) in [6.07, 6.45) is -12.5. The van der Waals surface area contributed by atoms with Crippen LogP contribution in [0, 0.1) is 0 Å². The number of aliphatic hydroxyl groups is 2. The minimum Gasteiger partial charge on any atom is -0.406 e. The van der Waals surface area contributed by atoms with Crippen LogP contribution in [0.15, 0.2) is 48.5 Å². The fraction of sp³-hybridized carbons (Fsp3) is 0.294. The highest BCUT2D eigenvalue weighted by Gasteiger charge is 2.32. The van der Waals surface area contributed by atoms with Crippen LogP contribution in [0.25, 0.3) is 0 Å². The van der Waals surface area contributed by atoms with Crippen molar-refractivity contribution in [2.24, 2.45) is 0 Å². The molecule has 10 heteroatoms. The largest absolute Gasteiger partial charge is 0.573 e. The Morgan fingerprint density at radius 1 is 0.704 bits per heavy atom. The van der Waals surface area contributed by atoms with E-state index in [0.29, 0.717) is 5.56 Å². The maximum Gasteiger partial charge on any atom is 0.573 e. The van der Waals surface area contributed by atoms with Gasteiger partial charge in [0.1, 0.15) is 17.6 Å². The predicted molar refractivity (Wildman–Crippen MR) is 80.9 cm³/mol. The zero-order chi connectivity index (χ0) is 20.2. The molecular formula is C17H14F6O4. The number of halogens is 6. The molecule has 148 valence electrons. The highest BCUT2D eigenvalue weighted by molar-refractivity contribution is 5.31. The number of hydrogen-bond donors (Lipinski definition) is 2. The van der Waals surface area contributed by atoms with Crippen LogP contribution in [0.3, 0.4) is 0 Å². The van der Waals surface area contributed by atoms with Gasteiger partial charge in [0.2, 0.25) is 0 Å². The van der Waals surface area contributed by atoms with Crippen molar-refractivity contribution in [1.82, 2.24) is 0 Å². The summed E-state index contributed by atoms with van der Waals surface area (Å²) in [4.78, 5) is 0. The van der Waals surface area contributed by atoms with Gasteiger partial charge in [-0.2, -0.15) is 0 Å². The molecule has 2 unspecified atom stereocenters. The van der Waals surface area contributed by atoms with Gasteiger partial charge < -0.3 is 19.7 Å². The van der Waals surface area contributed by atoms with E-state index in [1.165, 1.54) is 12.1 Å². The van der Waals surface area contributed by atoms with E-state index in [1.807, 2.05) is 0 Å². The monoisotopic (exact) mass is 396 g/mol. The van der Waals surface area contributed by atoms with Gasteiger partial charge in [-0.1, -0.05) is 24.3 Å². The highest BCUT2D eigenvalue weighted by atomic mass is 19.4. The summed E-state index contributed by atoms with van der Waals surface area (Å²) in [6, 6.07) is 9.00. The van der Waals surface area contributed by atoms with E-state index in [0.717, 1.165) is 36.4 Å². The van der Waals surface area contributed by atoms with E-state index >= 15 is 0 Å². The third-order valence-electron chi connectivity index (χ3n) is 3.42. The predicted octanol–water partition coefficient (Wildman–Crippen LogP) is 4.12. The Bertz CT molecular complexity index is 725. The number of hydrogen-bond acceptors (Lipinski definition) is 4. The van der Waals surface area contributed by atoms with Crippen molar-refractivity contribution in [2.75, 3.05) is 0 Å². The molecule has 0 aliphatic carbocycles. The first-order valence-corrected chi connectivity index (χ1v) is 7.49. The van der Waals surface area contributed by atoms with Crippen LogP contribution in [0.5, 0.6) is 11.5 Å². The fourth-order valence-corrected chi connectivity index (χ4v) is 2.27. The molecule has 0 amide bonds. The molecule has 2 rings (SSSR count). The van der Waals surface area contributed by atoms with Crippen molar-refractivity contribution < 1.29 is 46.0 Å². The van der Waals surface area contributed by atoms with Crippen LogP contribution in [0.4, 0.5) is 26.3 Å². The van der Waals surface area contributed by atoms with Crippen molar-refractivity contribution in [3.63, 3.8) is 0 Å². The van der Waals surface area contributed by atoms with Crippen LogP contribution in [-0.2, 0) is 6.42 Å². The highest BCUT2D eigenvalue weighted by Crippen LogP contribution is 2.27. The van der Waals surface area contributed by atoms with Gasteiger partial charge in [-0.05, 0) is 35.4 Å². The first kappa shape index (κ1) is 20.8. The zero-order valence-corrected chi connectivity index (χ0v) is 13.5. The lowest BCUT2D eigenvalue weighted by Crippen LogP contribution is -2.21. The normalized spacial score (nSPS) is 14.5. The SMILES string of the molecule is OC(Cc1ccc(OC(F)(F)F)cc1)C(O)c1ccc(OC(F)(F)F)cc1. The van der Waals surface area contributed by atoms with Crippen molar-refractivity contribution in [1.29, 1.82) is 0 Å². The molecule has 2 N–H and O–H groups in total. The van der Waals surface area contributed by atoms with E-state index < -0.39 is 36.4 Å². The van der Waals surface area contributed by atoms with Gasteiger partial charge in [-0.15, -0.1) is 26.3 Å². The van der Waals surface area contributed by atoms with Gasteiger partial charge in [0.15, 0.2) is 0 Å². The molecule has 27 heavy (non-hydrogen) atoms. The van der Waals surface area contributed by atoms with Crippen molar-refractivity contribution in [2.45, 2.75) is 31.4 Å². The van der Waals surface area contributed by atoms with Gasteiger partial charge in [0, 0.05) is 6.42 Å². The molecule has 2 aromatic carbocycles. The van der Waals surface area contributed by atoms with Crippen molar-refractivity contribution >= 4 is 0 Å². The summed E-state index contributed by atoms with van der Waals surface area (Å²) in [5.41, 5.74) is 0.571. The Labute approximate surface area is 149 Å². The molecule has 0 aliphatic heterocycles. The number of rotatable bonds is 6. The van der Waals surface area contributed by atoms with Crippen LogP contribution >= 0.6 is 0 Å². The quantitative estimate of drug-likeness (QED) is 0.722. The second-order valence-corrected chi connectivity index (χ2v) is 5.52. The molecule has 0 heterocycles. The van der Waals surface area contributed by atoms with E-state index in [4.69, 9.17) is 0 Å². The summed E-state index contributed by atoms with van der Waals surface area (Å²) in [5.74, 6) is -0.908. The molecule has 0 fully saturated rings. The summed E-state index contributed by atoms with van der Waals surface area (Å²) < 4.78 is 80.0. The number of alkyl halides is 6. The van der Waals surface area contributed by atoms with Crippen LogP contribution in [0.2, 0.25) is 0 Å². The number of aliphatic hydroxyl groups excluding tert-OH is 2. The molecule has 2 aromatic rings. The maximum absolute atomic E-state index is 12.1. The van der Waals surface area contributed by atoms with Crippen molar-refractivity contribution in [3.8, 4) is 11.5 Å². The topological polar surface area (TPSA) is 58.9 Å². The number of benzene rings is 2. The minimum absolute atomic E-state index is 0.103. The van der Waals surface area contributed by atoms with Gasteiger partial charge in [0.25, 0.3) is 0 Å². The number of ether oxygens (including phenoxy) is 2. The molecular weight excluding hydrogens is 382 g/mol. The molecule has 0 saturated heterocycles. The van der Waals surface area contributed by atoms with E-state index in [-0.39, 0.29) is 12.0 Å². The maximum atomic E-state index is 12.1. The summed E-state index contributed by atoms with van der Waals surface area (Å²) in [6.45, 7) is 0.